The number of non-ortho nitro benzene ring substituents is 1. The van der Waals surface area contributed by atoms with Crippen LogP contribution in [0.15, 0.2) is 28.9 Å². The number of oxazole rings is 1. The minimum atomic E-state index is -0.677. The molecule has 0 unspecified atom stereocenters. The Labute approximate surface area is 116 Å². The van der Waals surface area contributed by atoms with E-state index in [9.17, 15) is 14.5 Å². The van der Waals surface area contributed by atoms with Crippen molar-refractivity contribution in [2.75, 3.05) is 0 Å². The highest BCUT2D eigenvalue weighted by molar-refractivity contribution is 6.16. The molecular formula is C12H7ClFN3O3. The molecule has 2 heterocycles. The van der Waals surface area contributed by atoms with Crippen LogP contribution in [0.5, 0.6) is 0 Å². The number of nitro benzene ring substituents is 1. The number of alkyl halides is 1. The first-order valence-corrected chi connectivity index (χ1v) is 6.09. The molecule has 0 fully saturated rings. The zero-order valence-corrected chi connectivity index (χ0v) is 10.6. The number of nitrogens with zero attached hydrogens (tertiary/aromatic N) is 2. The largest absolute Gasteiger partial charge is 0.443 e. The second-order valence-corrected chi connectivity index (χ2v) is 4.37. The summed E-state index contributed by atoms with van der Waals surface area (Å²) in [6.45, 7) is 0. The predicted molar refractivity (Wildman–Crippen MR) is 70.0 cm³/mol. The van der Waals surface area contributed by atoms with Crippen LogP contribution in [-0.2, 0) is 5.88 Å². The van der Waals surface area contributed by atoms with Crippen LogP contribution in [0.4, 0.5) is 10.1 Å². The number of hydrogen-bond donors (Lipinski definition) is 1. The van der Waals surface area contributed by atoms with Gasteiger partial charge in [-0.05, 0) is 12.1 Å². The Kier molecular flexibility index (Phi) is 2.90. The van der Waals surface area contributed by atoms with Crippen molar-refractivity contribution in [2.45, 2.75) is 5.88 Å². The first kappa shape index (κ1) is 12.6. The van der Waals surface area contributed by atoms with Gasteiger partial charge in [0.1, 0.15) is 23.3 Å². The van der Waals surface area contributed by atoms with Gasteiger partial charge in [0.25, 0.3) is 5.69 Å². The summed E-state index contributed by atoms with van der Waals surface area (Å²) in [6, 6.07) is 3.60. The Bertz CT molecular complexity index is 811. The Hall–Kier alpha value is -2.41. The molecule has 0 saturated heterocycles. The maximum atomic E-state index is 13.4. The zero-order chi connectivity index (χ0) is 14.3. The molecule has 1 N–H and O–H groups in total. The van der Waals surface area contributed by atoms with E-state index in [1.165, 1.54) is 18.4 Å². The summed E-state index contributed by atoms with van der Waals surface area (Å²) >= 11 is 5.62. The van der Waals surface area contributed by atoms with E-state index in [0.29, 0.717) is 16.8 Å². The third-order valence-corrected chi connectivity index (χ3v) is 3.06. The molecule has 3 rings (SSSR count). The van der Waals surface area contributed by atoms with E-state index < -0.39 is 10.7 Å². The Morgan fingerprint density at radius 3 is 2.90 bits per heavy atom. The van der Waals surface area contributed by atoms with E-state index in [1.54, 1.807) is 0 Å². The summed E-state index contributed by atoms with van der Waals surface area (Å²) in [6.07, 6.45) is 1.39. The SMILES string of the molecule is O=[N+]([O-])c1cc(F)cc2cc(-c3nc(CCl)co3)[nH]c12. The summed E-state index contributed by atoms with van der Waals surface area (Å²) in [5.41, 5.74) is 0.846. The lowest BCUT2D eigenvalue weighted by molar-refractivity contribution is -0.383. The van der Waals surface area contributed by atoms with Crippen LogP contribution in [0.3, 0.4) is 0 Å². The van der Waals surface area contributed by atoms with Crippen molar-refractivity contribution >= 4 is 28.2 Å². The fraction of sp³-hybridized carbons (Fsp3) is 0.0833. The van der Waals surface area contributed by atoms with Gasteiger partial charge in [0.15, 0.2) is 0 Å². The summed E-state index contributed by atoms with van der Waals surface area (Å²) in [5, 5.41) is 11.3. The smallest absolute Gasteiger partial charge is 0.296 e. The molecular weight excluding hydrogens is 289 g/mol. The first-order valence-electron chi connectivity index (χ1n) is 5.56. The number of nitro groups is 1. The van der Waals surface area contributed by atoms with E-state index >= 15 is 0 Å². The van der Waals surface area contributed by atoms with Crippen molar-refractivity contribution in [3.63, 3.8) is 0 Å². The van der Waals surface area contributed by atoms with E-state index in [4.69, 9.17) is 16.0 Å². The van der Waals surface area contributed by atoms with Gasteiger partial charge >= 0.3 is 0 Å². The van der Waals surface area contributed by atoms with Gasteiger partial charge in [-0.25, -0.2) is 9.37 Å². The van der Waals surface area contributed by atoms with Crippen molar-refractivity contribution < 1.29 is 13.7 Å². The number of halogens is 2. The van der Waals surface area contributed by atoms with Gasteiger partial charge < -0.3 is 9.40 Å². The van der Waals surface area contributed by atoms with Crippen LogP contribution in [0, 0.1) is 15.9 Å². The second-order valence-electron chi connectivity index (χ2n) is 4.11. The highest BCUT2D eigenvalue weighted by atomic mass is 35.5. The van der Waals surface area contributed by atoms with Crippen molar-refractivity contribution in [3.8, 4) is 11.6 Å². The number of rotatable bonds is 3. The van der Waals surface area contributed by atoms with Crippen LogP contribution in [0.2, 0.25) is 0 Å². The molecule has 2 aromatic heterocycles. The molecule has 0 aliphatic heterocycles. The van der Waals surface area contributed by atoms with Gasteiger partial charge in [0, 0.05) is 5.39 Å². The third-order valence-electron chi connectivity index (χ3n) is 2.79. The average molecular weight is 296 g/mol. The van der Waals surface area contributed by atoms with E-state index in [0.717, 1.165) is 6.07 Å². The van der Waals surface area contributed by atoms with Gasteiger partial charge in [-0.2, -0.15) is 0 Å². The van der Waals surface area contributed by atoms with E-state index in [2.05, 4.69) is 9.97 Å². The number of aromatic nitrogens is 2. The number of fused-ring (bicyclic) bond motifs is 1. The normalized spacial score (nSPS) is 11.1. The molecule has 8 heteroatoms. The molecule has 0 saturated carbocycles. The summed E-state index contributed by atoms with van der Waals surface area (Å²) in [5.74, 6) is -0.242. The van der Waals surface area contributed by atoms with E-state index in [1.807, 2.05) is 0 Å². The summed E-state index contributed by atoms with van der Waals surface area (Å²) < 4.78 is 18.6. The number of aromatic amines is 1. The Morgan fingerprint density at radius 1 is 1.45 bits per heavy atom. The minimum absolute atomic E-state index is 0.193. The quantitative estimate of drug-likeness (QED) is 0.454. The Morgan fingerprint density at radius 2 is 2.25 bits per heavy atom. The fourth-order valence-electron chi connectivity index (χ4n) is 1.94. The Balaban J connectivity index is 2.19. The van der Waals surface area contributed by atoms with Gasteiger partial charge in [0.2, 0.25) is 5.89 Å². The molecule has 1 aromatic carbocycles. The summed E-state index contributed by atoms with van der Waals surface area (Å²) in [7, 11) is 0. The van der Waals surface area contributed by atoms with Crippen LogP contribution in [0.1, 0.15) is 5.69 Å². The molecule has 0 amide bonds. The number of nitrogens with one attached hydrogen (secondary N) is 1. The molecule has 0 radical (unpaired) electrons. The van der Waals surface area contributed by atoms with Gasteiger partial charge in [-0.1, -0.05) is 0 Å². The number of hydrogen-bond acceptors (Lipinski definition) is 4. The molecule has 102 valence electrons. The highest BCUT2D eigenvalue weighted by Crippen LogP contribution is 2.30. The predicted octanol–water partition coefficient (Wildman–Crippen LogP) is 3.61. The lowest BCUT2D eigenvalue weighted by atomic mass is 10.2. The molecule has 3 aromatic rings. The van der Waals surface area contributed by atoms with Crippen LogP contribution >= 0.6 is 11.6 Å². The van der Waals surface area contributed by atoms with Gasteiger partial charge in [0.05, 0.1) is 22.6 Å². The van der Waals surface area contributed by atoms with Crippen molar-refractivity contribution in [1.82, 2.24) is 9.97 Å². The fourth-order valence-corrected chi connectivity index (χ4v) is 2.06. The van der Waals surface area contributed by atoms with Crippen LogP contribution < -0.4 is 0 Å². The first-order chi connectivity index (χ1) is 9.58. The maximum Gasteiger partial charge on any atom is 0.296 e. The number of benzene rings is 1. The third kappa shape index (κ3) is 2.01. The van der Waals surface area contributed by atoms with Crippen LogP contribution in [-0.4, -0.2) is 14.9 Å². The van der Waals surface area contributed by atoms with E-state index in [-0.39, 0.29) is 23.0 Å². The lowest BCUT2D eigenvalue weighted by Gasteiger charge is -1.94. The second kappa shape index (κ2) is 4.61. The topological polar surface area (TPSA) is 85.0 Å². The van der Waals surface area contributed by atoms with Crippen LogP contribution in [0.25, 0.3) is 22.5 Å². The standard InChI is InChI=1S/C12H7ClFN3O3/c13-4-8-5-20-12(15-8)9-2-6-1-7(14)3-10(17(18)19)11(6)16-9/h1-3,5,16H,4H2. The summed E-state index contributed by atoms with van der Waals surface area (Å²) in [4.78, 5) is 17.2. The molecule has 0 aliphatic carbocycles. The molecule has 0 spiro atoms. The molecule has 6 nitrogen and oxygen atoms in total. The minimum Gasteiger partial charge on any atom is -0.443 e. The monoisotopic (exact) mass is 295 g/mol. The molecule has 0 atom stereocenters. The van der Waals surface area contributed by atoms with Gasteiger partial charge in [-0.3, -0.25) is 10.1 Å². The molecule has 20 heavy (non-hydrogen) atoms. The highest BCUT2D eigenvalue weighted by Gasteiger charge is 2.18. The average Bonchev–Trinajstić information content (AvgIpc) is 3.02. The lowest BCUT2D eigenvalue weighted by Crippen LogP contribution is -1.90. The zero-order valence-electron chi connectivity index (χ0n) is 9.89. The van der Waals surface area contributed by atoms with Gasteiger partial charge in [-0.15, -0.1) is 11.6 Å². The van der Waals surface area contributed by atoms with Crippen molar-refractivity contribution in [3.05, 3.63) is 46.1 Å². The molecule has 0 bridgehead atoms. The number of H-pyrrole nitrogens is 1. The maximum absolute atomic E-state index is 13.4. The molecule has 0 aliphatic rings. The van der Waals surface area contributed by atoms with Crippen molar-refractivity contribution in [1.29, 1.82) is 0 Å². The van der Waals surface area contributed by atoms with Crippen molar-refractivity contribution in [2.24, 2.45) is 0 Å².